The number of benzene rings is 1. The van der Waals surface area contributed by atoms with E-state index in [2.05, 4.69) is 10.3 Å². The Morgan fingerprint density at radius 1 is 1.16 bits per heavy atom. The van der Waals surface area contributed by atoms with Crippen LogP contribution in [0.25, 0.3) is 0 Å². The van der Waals surface area contributed by atoms with Crippen molar-refractivity contribution in [1.82, 2.24) is 9.88 Å². The number of methoxy groups -OCH3 is 2. The standard InChI is InChI=1S/C24H29N3O5/c1-30-20-10-9-16(12-21(20)32-18-6-3-4-7-18)17-13-23(29)27(14-17)15-22(28)26-19-8-5-11-25-24(19)31-2/h5,8-12,17-18H,3-4,6-7,13-15H2,1-2H3,(H,26,28). The second-order valence-corrected chi connectivity index (χ2v) is 8.22. The van der Waals surface area contributed by atoms with Crippen LogP contribution < -0.4 is 19.5 Å². The topological polar surface area (TPSA) is 90.0 Å². The van der Waals surface area contributed by atoms with Crippen molar-refractivity contribution in [2.75, 3.05) is 32.6 Å². The summed E-state index contributed by atoms with van der Waals surface area (Å²) in [5.74, 6) is 1.43. The molecule has 1 atom stereocenters. The molecule has 4 rings (SSSR count). The van der Waals surface area contributed by atoms with Gasteiger partial charge in [-0.25, -0.2) is 4.98 Å². The number of hydrogen-bond donors (Lipinski definition) is 1. The van der Waals surface area contributed by atoms with Crippen molar-refractivity contribution in [1.29, 1.82) is 0 Å². The summed E-state index contributed by atoms with van der Waals surface area (Å²) in [5.41, 5.74) is 1.50. The lowest BCUT2D eigenvalue weighted by molar-refractivity contribution is -0.131. The molecule has 8 nitrogen and oxygen atoms in total. The zero-order valence-corrected chi connectivity index (χ0v) is 18.5. The molecule has 2 heterocycles. The quantitative estimate of drug-likeness (QED) is 0.678. The van der Waals surface area contributed by atoms with E-state index in [-0.39, 0.29) is 30.4 Å². The maximum atomic E-state index is 12.6. The first kappa shape index (κ1) is 21.9. The molecular formula is C24H29N3O5. The fraction of sp³-hybridized carbons (Fsp3) is 0.458. The van der Waals surface area contributed by atoms with Crippen LogP contribution in [-0.2, 0) is 9.59 Å². The highest BCUT2D eigenvalue weighted by molar-refractivity contribution is 5.96. The molecule has 1 saturated heterocycles. The molecule has 1 unspecified atom stereocenters. The summed E-state index contributed by atoms with van der Waals surface area (Å²) in [6.07, 6.45) is 6.65. The zero-order valence-electron chi connectivity index (χ0n) is 18.5. The number of ether oxygens (including phenoxy) is 3. The molecular weight excluding hydrogens is 410 g/mol. The molecule has 2 amide bonds. The molecule has 32 heavy (non-hydrogen) atoms. The van der Waals surface area contributed by atoms with E-state index < -0.39 is 0 Å². The van der Waals surface area contributed by atoms with Gasteiger partial charge in [-0.1, -0.05) is 6.07 Å². The molecule has 2 fully saturated rings. The van der Waals surface area contributed by atoms with Gasteiger partial charge >= 0.3 is 0 Å². The number of pyridine rings is 1. The SMILES string of the molecule is COc1ccc(C2CC(=O)N(CC(=O)Nc3cccnc3OC)C2)cc1OC1CCCC1. The fourth-order valence-electron chi connectivity index (χ4n) is 4.39. The van der Waals surface area contributed by atoms with Crippen LogP contribution in [0.4, 0.5) is 5.69 Å². The molecule has 2 aromatic rings. The number of hydrogen-bond acceptors (Lipinski definition) is 6. The maximum absolute atomic E-state index is 12.6. The van der Waals surface area contributed by atoms with E-state index in [9.17, 15) is 9.59 Å². The summed E-state index contributed by atoms with van der Waals surface area (Å²) in [4.78, 5) is 30.8. The van der Waals surface area contributed by atoms with E-state index in [1.807, 2.05) is 18.2 Å². The third kappa shape index (κ3) is 4.95. The molecule has 1 aromatic heterocycles. The van der Waals surface area contributed by atoms with Crippen molar-refractivity contribution in [3.63, 3.8) is 0 Å². The molecule has 1 saturated carbocycles. The lowest BCUT2D eigenvalue weighted by atomic mass is 9.98. The second kappa shape index (κ2) is 9.89. The van der Waals surface area contributed by atoms with E-state index in [0.717, 1.165) is 24.2 Å². The molecule has 1 aliphatic heterocycles. The Bertz CT molecular complexity index is 974. The molecule has 170 valence electrons. The monoisotopic (exact) mass is 439 g/mol. The average molecular weight is 440 g/mol. The van der Waals surface area contributed by atoms with Gasteiger partial charge in [0.1, 0.15) is 5.69 Å². The minimum absolute atomic E-state index is 0.0000576. The highest BCUT2D eigenvalue weighted by atomic mass is 16.5. The minimum atomic E-state index is -0.287. The third-order valence-electron chi connectivity index (χ3n) is 6.04. The largest absolute Gasteiger partial charge is 0.493 e. The van der Waals surface area contributed by atoms with Crippen LogP contribution in [0.15, 0.2) is 36.5 Å². The molecule has 1 aliphatic carbocycles. The van der Waals surface area contributed by atoms with Crippen molar-refractivity contribution in [3.05, 3.63) is 42.1 Å². The Hall–Kier alpha value is -3.29. The van der Waals surface area contributed by atoms with Crippen molar-refractivity contribution in [2.45, 2.75) is 44.1 Å². The second-order valence-electron chi connectivity index (χ2n) is 8.22. The fourth-order valence-corrected chi connectivity index (χ4v) is 4.39. The molecule has 2 aliphatic rings. The molecule has 0 spiro atoms. The summed E-state index contributed by atoms with van der Waals surface area (Å²) in [5, 5.41) is 2.77. The number of anilines is 1. The molecule has 1 N–H and O–H groups in total. The van der Waals surface area contributed by atoms with Gasteiger partial charge in [0.15, 0.2) is 11.5 Å². The highest BCUT2D eigenvalue weighted by Gasteiger charge is 2.32. The Morgan fingerprint density at radius 2 is 1.97 bits per heavy atom. The smallest absolute Gasteiger partial charge is 0.244 e. The Kier molecular flexibility index (Phi) is 6.78. The van der Waals surface area contributed by atoms with E-state index in [1.54, 1.807) is 30.3 Å². The van der Waals surface area contributed by atoms with Crippen LogP contribution in [0.3, 0.4) is 0 Å². The van der Waals surface area contributed by atoms with Crippen LogP contribution in [0.1, 0.15) is 43.6 Å². The highest BCUT2D eigenvalue weighted by Crippen LogP contribution is 2.37. The first-order valence-electron chi connectivity index (χ1n) is 11.0. The molecule has 8 heteroatoms. The predicted octanol–water partition coefficient (Wildman–Crippen LogP) is 3.37. The predicted molar refractivity (Wildman–Crippen MR) is 119 cm³/mol. The Morgan fingerprint density at radius 3 is 2.72 bits per heavy atom. The number of carbonyl (C=O) groups is 2. The van der Waals surface area contributed by atoms with Gasteiger partial charge in [0.05, 0.1) is 26.9 Å². The number of likely N-dealkylation sites (tertiary alicyclic amines) is 1. The summed E-state index contributed by atoms with van der Waals surface area (Å²) in [6.45, 7) is 0.459. The van der Waals surface area contributed by atoms with Crippen molar-refractivity contribution in [3.8, 4) is 17.4 Å². The summed E-state index contributed by atoms with van der Waals surface area (Å²) >= 11 is 0. The number of nitrogens with zero attached hydrogens (tertiary/aromatic N) is 2. The minimum Gasteiger partial charge on any atom is -0.493 e. The zero-order chi connectivity index (χ0) is 22.5. The number of carbonyl (C=O) groups excluding carboxylic acids is 2. The van der Waals surface area contributed by atoms with Gasteiger partial charge in [-0.05, 0) is 55.5 Å². The van der Waals surface area contributed by atoms with Crippen LogP contribution in [0.5, 0.6) is 17.4 Å². The van der Waals surface area contributed by atoms with Crippen LogP contribution in [0.2, 0.25) is 0 Å². The van der Waals surface area contributed by atoms with Crippen molar-refractivity contribution in [2.24, 2.45) is 0 Å². The van der Waals surface area contributed by atoms with Gasteiger partial charge in [0, 0.05) is 25.1 Å². The summed E-state index contributed by atoms with van der Waals surface area (Å²) in [7, 11) is 3.12. The van der Waals surface area contributed by atoms with E-state index in [0.29, 0.717) is 30.3 Å². The molecule has 1 aromatic carbocycles. The average Bonchev–Trinajstić information content (AvgIpc) is 3.44. The third-order valence-corrected chi connectivity index (χ3v) is 6.04. The molecule has 0 radical (unpaired) electrons. The van der Waals surface area contributed by atoms with Gasteiger partial charge in [0.25, 0.3) is 0 Å². The normalized spacial score (nSPS) is 18.6. The van der Waals surface area contributed by atoms with Crippen LogP contribution in [-0.4, -0.2) is 55.1 Å². The van der Waals surface area contributed by atoms with E-state index >= 15 is 0 Å². The molecule has 0 bridgehead atoms. The van der Waals surface area contributed by atoms with Gasteiger partial charge < -0.3 is 24.4 Å². The lowest BCUT2D eigenvalue weighted by Crippen LogP contribution is -2.34. The number of aromatic nitrogens is 1. The van der Waals surface area contributed by atoms with Crippen molar-refractivity contribution < 1.29 is 23.8 Å². The summed E-state index contributed by atoms with van der Waals surface area (Å²) < 4.78 is 16.8. The first-order chi connectivity index (χ1) is 15.6. The summed E-state index contributed by atoms with van der Waals surface area (Å²) in [6, 6.07) is 9.28. The lowest BCUT2D eigenvalue weighted by Gasteiger charge is -2.19. The Labute approximate surface area is 187 Å². The number of nitrogens with one attached hydrogen (secondary N) is 1. The van der Waals surface area contributed by atoms with Crippen LogP contribution >= 0.6 is 0 Å². The van der Waals surface area contributed by atoms with Crippen LogP contribution in [0, 0.1) is 0 Å². The first-order valence-corrected chi connectivity index (χ1v) is 11.0. The van der Waals surface area contributed by atoms with Gasteiger partial charge in [0.2, 0.25) is 17.7 Å². The van der Waals surface area contributed by atoms with Crippen molar-refractivity contribution >= 4 is 17.5 Å². The Balaban J connectivity index is 1.41. The number of rotatable bonds is 8. The van der Waals surface area contributed by atoms with Gasteiger partial charge in [-0.2, -0.15) is 0 Å². The van der Waals surface area contributed by atoms with Gasteiger partial charge in [-0.15, -0.1) is 0 Å². The maximum Gasteiger partial charge on any atom is 0.244 e. The van der Waals surface area contributed by atoms with E-state index in [1.165, 1.54) is 20.0 Å². The number of amides is 2. The van der Waals surface area contributed by atoms with Gasteiger partial charge in [-0.3, -0.25) is 9.59 Å². The van der Waals surface area contributed by atoms with E-state index in [4.69, 9.17) is 14.2 Å².